The number of nitrogens with one attached hydrogen (secondary N) is 2. The average molecular weight is 373 g/mol. The largest absolute Gasteiger partial charge is 0.353 e. The summed E-state index contributed by atoms with van der Waals surface area (Å²) < 4.78 is 0. The molecule has 1 aliphatic rings. The highest BCUT2D eigenvalue weighted by Crippen LogP contribution is 2.23. The third kappa shape index (κ3) is 4.18. The van der Waals surface area contributed by atoms with Crippen molar-refractivity contribution in [1.29, 1.82) is 0 Å². The Hall–Kier alpha value is -3.25. The predicted octanol–water partition coefficient (Wildman–Crippen LogP) is 2.56. The third-order valence-corrected chi connectivity index (χ3v) is 4.86. The number of aromatic nitrogens is 2. The van der Waals surface area contributed by atoms with Crippen molar-refractivity contribution in [3.8, 4) is 0 Å². The molecule has 1 fully saturated rings. The number of nitrogens with zero attached hydrogens (tertiary/aromatic N) is 3. The van der Waals surface area contributed by atoms with Gasteiger partial charge in [0.2, 0.25) is 0 Å². The molecule has 0 saturated carbocycles. The maximum Gasteiger partial charge on any atom is 0.255 e. The summed E-state index contributed by atoms with van der Waals surface area (Å²) >= 11 is 0. The van der Waals surface area contributed by atoms with Gasteiger partial charge in [-0.25, -0.2) is 4.98 Å². The van der Waals surface area contributed by atoms with Crippen LogP contribution < -0.4 is 15.5 Å². The molecule has 0 spiro atoms. The first-order valence-electron chi connectivity index (χ1n) is 9.47. The minimum atomic E-state index is -0.136. The topological polar surface area (TPSA) is 70.2 Å². The lowest BCUT2D eigenvalue weighted by molar-refractivity contribution is 0.0950. The Labute approximate surface area is 164 Å². The summed E-state index contributed by atoms with van der Waals surface area (Å²) in [6.07, 6.45) is 3.46. The first kappa shape index (κ1) is 18.1. The van der Waals surface area contributed by atoms with E-state index in [1.165, 1.54) is 5.56 Å². The van der Waals surface area contributed by atoms with E-state index in [0.29, 0.717) is 12.1 Å². The van der Waals surface area contributed by atoms with E-state index >= 15 is 0 Å². The molecule has 3 heterocycles. The van der Waals surface area contributed by atoms with Gasteiger partial charge in [-0.2, -0.15) is 0 Å². The molecule has 6 heteroatoms. The molecule has 2 N–H and O–H groups in total. The van der Waals surface area contributed by atoms with Crippen LogP contribution >= 0.6 is 0 Å². The Morgan fingerprint density at radius 1 is 1.04 bits per heavy atom. The first-order valence-corrected chi connectivity index (χ1v) is 9.47. The van der Waals surface area contributed by atoms with E-state index in [1.807, 2.05) is 42.5 Å². The van der Waals surface area contributed by atoms with Crippen molar-refractivity contribution in [3.63, 3.8) is 0 Å². The van der Waals surface area contributed by atoms with E-state index < -0.39 is 0 Å². The van der Waals surface area contributed by atoms with Gasteiger partial charge in [-0.1, -0.05) is 36.4 Å². The number of benzene rings is 1. The third-order valence-electron chi connectivity index (χ3n) is 4.86. The van der Waals surface area contributed by atoms with Gasteiger partial charge in [0.1, 0.15) is 5.82 Å². The molecule has 3 aromatic rings. The second-order valence-electron chi connectivity index (χ2n) is 6.74. The standard InChI is InChI=1S/C22H23N5O/c28-22(26-15-18-9-4-5-11-23-18)19-10-6-12-25-21(19)27-14-13-24-20(16-27)17-7-2-1-3-8-17/h1-12,20,24H,13-16H2,(H,26,28). The maximum absolute atomic E-state index is 12.8. The van der Waals surface area contributed by atoms with Crippen molar-refractivity contribution in [2.24, 2.45) is 0 Å². The minimum absolute atomic E-state index is 0.136. The van der Waals surface area contributed by atoms with Gasteiger partial charge in [-0.3, -0.25) is 9.78 Å². The maximum atomic E-state index is 12.8. The molecule has 1 unspecified atom stereocenters. The summed E-state index contributed by atoms with van der Waals surface area (Å²) in [6.45, 7) is 2.80. The van der Waals surface area contributed by atoms with Crippen molar-refractivity contribution >= 4 is 11.7 Å². The summed E-state index contributed by atoms with van der Waals surface area (Å²) in [5.74, 6) is 0.590. The molecule has 0 radical (unpaired) electrons. The molecule has 1 aromatic carbocycles. The zero-order chi connectivity index (χ0) is 19.2. The highest BCUT2D eigenvalue weighted by atomic mass is 16.1. The number of carbonyl (C=O) groups excluding carboxylic acids is 1. The lowest BCUT2D eigenvalue weighted by Gasteiger charge is -2.35. The van der Waals surface area contributed by atoms with Gasteiger partial charge in [0.15, 0.2) is 0 Å². The number of piperazine rings is 1. The zero-order valence-electron chi connectivity index (χ0n) is 15.6. The number of hydrogen-bond donors (Lipinski definition) is 2. The smallest absolute Gasteiger partial charge is 0.255 e. The molecular formula is C22H23N5O. The lowest BCUT2D eigenvalue weighted by Crippen LogP contribution is -2.46. The van der Waals surface area contributed by atoms with Gasteiger partial charge in [0.05, 0.1) is 17.8 Å². The van der Waals surface area contributed by atoms with Crippen LogP contribution in [-0.4, -0.2) is 35.5 Å². The van der Waals surface area contributed by atoms with Gasteiger partial charge in [-0.05, 0) is 29.8 Å². The van der Waals surface area contributed by atoms with Crippen molar-refractivity contribution in [3.05, 3.63) is 89.9 Å². The molecule has 2 aromatic heterocycles. The predicted molar refractivity (Wildman–Crippen MR) is 109 cm³/mol. The summed E-state index contributed by atoms with van der Waals surface area (Å²) in [7, 11) is 0. The quantitative estimate of drug-likeness (QED) is 0.719. The Kier molecular flexibility index (Phi) is 5.58. The van der Waals surface area contributed by atoms with E-state index in [-0.39, 0.29) is 11.9 Å². The summed E-state index contributed by atoms with van der Waals surface area (Å²) in [5, 5.41) is 6.51. The lowest BCUT2D eigenvalue weighted by atomic mass is 10.0. The van der Waals surface area contributed by atoms with Crippen LogP contribution in [0.1, 0.15) is 27.7 Å². The van der Waals surface area contributed by atoms with Crippen molar-refractivity contribution in [1.82, 2.24) is 20.6 Å². The Bertz CT molecular complexity index is 916. The SMILES string of the molecule is O=C(NCc1ccccn1)c1cccnc1N1CCNC(c2ccccc2)C1. The van der Waals surface area contributed by atoms with E-state index in [4.69, 9.17) is 0 Å². The van der Waals surface area contributed by atoms with Crippen LogP contribution in [0, 0.1) is 0 Å². The highest BCUT2D eigenvalue weighted by Gasteiger charge is 2.25. The van der Waals surface area contributed by atoms with Crippen LogP contribution in [0.3, 0.4) is 0 Å². The number of hydrogen-bond acceptors (Lipinski definition) is 5. The molecule has 1 saturated heterocycles. The van der Waals surface area contributed by atoms with E-state index in [1.54, 1.807) is 18.5 Å². The molecule has 0 bridgehead atoms. The van der Waals surface area contributed by atoms with Crippen LogP contribution in [0.5, 0.6) is 0 Å². The molecular weight excluding hydrogens is 350 g/mol. The average Bonchev–Trinajstić information content (AvgIpc) is 2.79. The van der Waals surface area contributed by atoms with Gasteiger partial charge >= 0.3 is 0 Å². The number of carbonyl (C=O) groups is 1. The zero-order valence-corrected chi connectivity index (χ0v) is 15.6. The van der Waals surface area contributed by atoms with Gasteiger partial charge in [0, 0.05) is 38.1 Å². The van der Waals surface area contributed by atoms with E-state index in [0.717, 1.165) is 31.1 Å². The fraction of sp³-hybridized carbons (Fsp3) is 0.227. The minimum Gasteiger partial charge on any atom is -0.353 e. The molecule has 28 heavy (non-hydrogen) atoms. The number of amides is 1. The highest BCUT2D eigenvalue weighted by molar-refractivity contribution is 5.98. The number of rotatable bonds is 5. The van der Waals surface area contributed by atoms with Crippen LogP contribution in [0.25, 0.3) is 0 Å². The number of anilines is 1. The Balaban J connectivity index is 1.50. The van der Waals surface area contributed by atoms with Crippen LogP contribution in [0.4, 0.5) is 5.82 Å². The molecule has 1 atom stereocenters. The van der Waals surface area contributed by atoms with Crippen molar-refractivity contribution in [2.45, 2.75) is 12.6 Å². The van der Waals surface area contributed by atoms with Gasteiger partial charge in [-0.15, -0.1) is 0 Å². The van der Waals surface area contributed by atoms with Gasteiger partial charge in [0.25, 0.3) is 5.91 Å². The summed E-state index contributed by atoms with van der Waals surface area (Å²) in [5.41, 5.74) is 2.66. The van der Waals surface area contributed by atoms with Crippen LogP contribution in [-0.2, 0) is 6.54 Å². The second-order valence-corrected chi connectivity index (χ2v) is 6.74. The summed E-state index contributed by atoms with van der Waals surface area (Å²) in [6, 6.07) is 19.9. The molecule has 0 aliphatic carbocycles. The van der Waals surface area contributed by atoms with Crippen molar-refractivity contribution in [2.75, 3.05) is 24.5 Å². The fourth-order valence-corrected chi connectivity index (χ4v) is 3.45. The Morgan fingerprint density at radius 3 is 2.68 bits per heavy atom. The molecule has 1 aliphatic heterocycles. The van der Waals surface area contributed by atoms with E-state index in [9.17, 15) is 4.79 Å². The van der Waals surface area contributed by atoms with Crippen LogP contribution in [0.15, 0.2) is 73.1 Å². The van der Waals surface area contributed by atoms with Crippen molar-refractivity contribution < 1.29 is 4.79 Å². The second kappa shape index (κ2) is 8.63. The Morgan fingerprint density at radius 2 is 1.86 bits per heavy atom. The molecule has 1 amide bonds. The first-order chi connectivity index (χ1) is 13.8. The normalized spacial score (nSPS) is 16.6. The van der Waals surface area contributed by atoms with E-state index in [2.05, 4.69) is 37.6 Å². The summed E-state index contributed by atoms with van der Waals surface area (Å²) in [4.78, 5) is 23.8. The fourth-order valence-electron chi connectivity index (χ4n) is 3.45. The molecule has 6 nitrogen and oxygen atoms in total. The molecule has 142 valence electrons. The monoisotopic (exact) mass is 373 g/mol. The van der Waals surface area contributed by atoms with Gasteiger partial charge < -0.3 is 15.5 Å². The molecule has 4 rings (SSSR count). The number of pyridine rings is 2. The van der Waals surface area contributed by atoms with Crippen LogP contribution in [0.2, 0.25) is 0 Å².